The van der Waals surface area contributed by atoms with Crippen LogP contribution < -0.4 is 9.05 Å². The monoisotopic (exact) mass is 374 g/mol. The van der Waals surface area contributed by atoms with E-state index in [4.69, 9.17) is 19.6 Å². The zero-order chi connectivity index (χ0) is 18.1. The highest BCUT2D eigenvalue weighted by Crippen LogP contribution is 2.50. The van der Waals surface area contributed by atoms with Gasteiger partial charge in [0.15, 0.2) is 0 Å². The first-order valence-electron chi connectivity index (χ1n) is 6.68. The fraction of sp³-hybridized carbons (Fsp3) is 0.143. The van der Waals surface area contributed by atoms with E-state index in [0.717, 1.165) is 0 Å². The maximum Gasteiger partial charge on any atom is 0.524 e. The van der Waals surface area contributed by atoms with Gasteiger partial charge < -0.3 is 9.05 Å². The Morgan fingerprint density at radius 2 is 1.08 bits per heavy atom. The number of phosphoric ester groups is 2. The van der Waals surface area contributed by atoms with Gasteiger partial charge in [-0.05, 0) is 42.7 Å². The highest BCUT2D eigenvalue weighted by Gasteiger charge is 2.26. The molecular formula is C14H16O8P2. The third-order valence-corrected chi connectivity index (χ3v) is 4.02. The molecule has 2 rings (SSSR count). The van der Waals surface area contributed by atoms with Crippen molar-refractivity contribution in [2.45, 2.75) is 13.8 Å². The molecule has 0 fully saturated rings. The third-order valence-electron chi connectivity index (χ3n) is 3.15. The van der Waals surface area contributed by atoms with Crippen LogP contribution in [-0.2, 0) is 9.13 Å². The fourth-order valence-electron chi connectivity index (χ4n) is 2.37. The predicted molar refractivity (Wildman–Crippen MR) is 86.7 cm³/mol. The Morgan fingerprint density at radius 1 is 0.708 bits per heavy atom. The van der Waals surface area contributed by atoms with Crippen molar-refractivity contribution in [3.05, 3.63) is 47.5 Å². The van der Waals surface area contributed by atoms with Gasteiger partial charge in [0, 0.05) is 0 Å². The zero-order valence-electron chi connectivity index (χ0n) is 12.8. The van der Waals surface area contributed by atoms with Crippen LogP contribution in [0.5, 0.6) is 11.5 Å². The van der Waals surface area contributed by atoms with Crippen LogP contribution in [0.3, 0.4) is 0 Å². The van der Waals surface area contributed by atoms with E-state index in [1.165, 1.54) is 18.2 Å². The van der Waals surface area contributed by atoms with E-state index in [-0.39, 0.29) is 17.1 Å². The first kappa shape index (κ1) is 18.7. The van der Waals surface area contributed by atoms with Crippen LogP contribution in [0.25, 0.3) is 11.1 Å². The molecule has 0 atom stereocenters. The van der Waals surface area contributed by atoms with Gasteiger partial charge in [-0.15, -0.1) is 0 Å². The summed E-state index contributed by atoms with van der Waals surface area (Å²) in [6, 6.07) is 9.16. The van der Waals surface area contributed by atoms with Gasteiger partial charge in [0.25, 0.3) is 0 Å². The SMILES string of the molecule is Cc1cccc(C)c1-c1c(OP(=O)(O)O)cccc1OP(=O)(O)O. The summed E-state index contributed by atoms with van der Waals surface area (Å²) in [6.45, 7) is 3.50. The molecule has 0 radical (unpaired) electrons. The summed E-state index contributed by atoms with van der Waals surface area (Å²) in [5.74, 6) is -0.488. The number of hydrogen-bond acceptors (Lipinski definition) is 4. The molecular weight excluding hydrogens is 358 g/mol. The molecule has 0 spiro atoms. The lowest BCUT2D eigenvalue weighted by Gasteiger charge is -2.19. The van der Waals surface area contributed by atoms with Crippen LogP contribution >= 0.6 is 15.6 Å². The Bertz CT molecular complexity index is 789. The van der Waals surface area contributed by atoms with Crippen molar-refractivity contribution in [2.75, 3.05) is 0 Å². The smallest absolute Gasteiger partial charge is 0.403 e. The van der Waals surface area contributed by atoms with Crippen molar-refractivity contribution in [2.24, 2.45) is 0 Å². The molecule has 0 unspecified atom stereocenters. The second-order valence-electron chi connectivity index (χ2n) is 5.06. The minimum absolute atomic E-state index is 0.0553. The quantitative estimate of drug-likeness (QED) is 0.587. The maximum atomic E-state index is 11.2. The molecule has 24 heavy (non-hydrogen) atoms. The standard InChI is InChI=1S/C14H16O8P2/c1-9-5-3-6-10(2)13(9)14-11(21-23(15,16)17)7-4-8-12(14)22-24(18,19)20/h3-8H,1-2H3,(H2,15,16,17)(H2,18,19,20). The molecule has 0 aliphatic rings. The maximum absolute atomic E-state index is 11.2. The van der Waals surface area contributed by atoms with Crippen molar-refractivity contribution < 1.29 is 37.8 Å². The van der Waals surface area contributed by atoms with Gasteiger partial charge in [0.2, 0.25) is 0 Å². The molecule has 2 aromatic carbocycles. The molecule has 0 saturated carbocycles. The second kappa shape index (κ2) is 6.69. The summed E-state index contributed by atoms with van der Waals surface area (Å²) in [4.78, 5) is 36.4. The number of phosphoric acid groups is 2. The largest absolute Gasteiger partial charge is 0.524 e. The van der Waals surface area contributed by atoms with Gasteiger partial charge in [-0.1, -0.05) is 24.3 Å². The summed E-state index contributed by atoms with van der Waals surface area (Å²) in [5, 5.41) is 0. The molecule has 0 aromatic heterocycles. The molecule has 0 aliphatic heterocycles. The molecule has 0 heterocycles. The van der Waals surface area contributed by atoms with E-state index in [0.29, 0.717) is 16.7 Å². The van der Waals surface area contributed by atoms with Crippen LogP contribution in [-0.4, -0.2) is 19.6 Å². The number of aryl methyl sites for hydroxylation is 2. The van der Waals surface area contributed by atoms with Crippen LogP contribution in [0, 0.1) is 13.8 Å². The molecule has 0 bridgehead atoms. The first-order valence-corrected chi connectivity index (χ1v) is 9.74. The number of hydrogen-bond donors (Lipinski definition) is 4. The molecule has 0 amide bonds. The summed E-state index contributed by atoms with van der Waals surface area (Å²) < 4.78 is 31.8. The zero-order valence-corrected chi connectivity index (χ0v) is 14.6. The number of benzene rings is 2. The average Bonchev–Trinajstić information content (AvgIpc) is 2.37. The normalized spacial score (nSPS) is 12.1. The van der Waals surface area contributed by atoms with Crippen molar-refractivity contribution in [3.8, 4) is 22.6 Å². The lowest BCUT2D eigenvalue weighted by Crippen LogP contribution is -1.99. The summed E-state index contributed by atoms with van der Waals surface area (Å²) in [6.07, 6.45) is 0. The van der Waals surface area contributed by atoms with Gasteiger partial charge >= 0.3 is 15.6 Å². The Kier molecular flexibility index (Phi) is 5.20. The van der Waals surface area contributed by atoms with Gasteiger partial charge in [-0.3, -0.25) is 19.6 Å². The Hall–Kier alpha value is -1.66. The first-order chi connectivity index (χ1) is 11.0. The van der Waals surface area contributed by atoms with Crippen LogP contribution in [0.1, 0.15) is 11.1 Å². The minimum Gasteiger partial charge on any atom is -0.403 e. The van der Waals surface area contributed by atoms with E-state index in [9.17, 15) is 9.13 Å². The molecule has 0 aliphatic carbocycles. The van der Waals surface area contributed by atoms with Crippen LogP contribution in [0.4, 0.5) is 0 Å². The lowest BCUT2D eigenvalue weighted by atomic mass is 9.94. The minimum atomic E-state index is -4.89. The van der Waals surface area contributed by atoms with Crippen molar-refractivity contribution in [1.29, 1.82) is 0 Å². The van der Waals surface area contributed by atoms with Gasteiger partial charge in [-0.25, -0.2) is 9.13 Å². The molecule has 10 heteroatoms. The Morgan fingerprint density at radius 3 is 1.46 bits per heavy atom. The Labute approximate surface area is 138 Å². The highest BCUT2D eigenvalue weighted by atomic mass is 31.2. The third kappa shape index (κ3) is 4.68. The topological polar surface area (TPSA) is 134 Å². The summed E-state index contributed by atoms with van der Waals surface area (Å²) >= 11 is 0. The summed E-state index contributed by atoms with van der Waals surface area (Å²) in [7, 11) is -9.77. The predicted octanol–water partition coefficient (Wildman–Crippen LogP) is 2.91. The van der Waals surface area contributed by atoms with Gasteiger partial charge in [0.05, 0.1) is 5.56 Å². The molecule has 2 aromatic rings. The Balaban J connectivity index is 2.77. The summed E-state index contributed by atoms with van der Waals surface area (Å²) in [5.41, 5.74) is 1.99. The van der Waals surface area contributed by atoms with E-state index in [1.807, 2.05) is 0 Å². The van der Waals surface area contributed by atoms with Crippen LogP contribution in [0.2, 0.25) is 0 Å². The van der Waals surface area contributed by atoms with Crippen LogP contribution in [0.15, 0.2) is 36.4 Å². The average molecular weight is 374 g/mol. The molecule has 130 valence electrons. The van der Waals surface area contributed by atoms with Crippen molar-refractivity contribution >= 4 is 15.6 Å². The van der Waals surface area contributed by atoms with Gasteiger partial charge in [0.1, 0.15) is 11.5 Å². The molecule has 4 N–H and O–H groups in total. The second-order valence-corrected chi connectivity index (χ2v) is 7.39. The van der Waals surface area contributed by atoms with E-state index >= 15 is 0 Å². The fourth-order valence-corrected chi connectivity index (χ4v) is 3.19. The van der Waals surface area contributed by atoms with E-state index in [1.54, 1.807) is 32.0 Å². The van der Waals surface area contributed by atoms with Crippen molar-refractivity contribution in [1.82, 2.24) is 0 Å². The van der Waals surface area contributed by atoms with Crippen molar-refractivity contribution in [3.63, 3.8) is 0 Å². The van der Waals surface area contributed by atoms with E-state index in [2.05, 4.69) is 9.05 Å². The molecule has 0 saturated heterocycles. The van der Waals surface area contributed by atoms with E-state index < -0.39 is 15.6 Å². The van der Waals surface area contributed by atoms with Gasteiger partial charge in [-0.2, -0.15) is 0 Å². The molecule has 8 nitrogen and oxygen atoms in total. The number of rotatable bonds is 5. The lowest BCUT2D eigenvalue weighted by molar-refractivity contribution is 0.281. The highest BCUT2D eigenvalue weighted by molar-refractivity contribution is 7.47.